The predicted octanol–water partition coefficient (Wildman–Crippen LogP) is 4.20. The minimum Gasteiger partial charge on any atom is -0.504 e. The van der Waals surface area contributed by atoms with Gasteiger partial charge in [0.2, 0.25) is 0 Å². The Morgan fingerprint density at radius 1 is 1.05 bits per heavy atom. The molecule has 1 aliphatic rings. The van der Waals surface area contributed by atoms with Gasteiger partial charge in [0.25, 0.3) is 11.5 Å². The van der Waals surface area contributed by atoms with Crippen molar-refractivity contribution in [1.82, 2.24) is 4.57 Å². The highest BCUT2D eigenvalue weighted by atomic mass is 32.1. The van der Waals surface area contributed by atoms with Crippen LogP contribution in [0.4, 0.5) is 14.5 Å². The van der Waals surface area contributed by atoms with Crippen molar-refractivity contribution < 1.29 is 32.9 Å². The van der Waals surface area contributed by atoms with E-state index in [0.29, 0.717) is 27.3 Å². The van der Waals surface area contributed by atoms with Gasteiger partial charge in [0.05, 0.1) is 36.1 Å². The molecule has 3 aromatic carbocycles. The molecule has 0 bridgehead atoms. The van der Waals surface area contributed by atoms with E-state index in [0.717, 1.165) is 11.3 Å². The lowest BCUT2D eigenvalue weighted by Gasteiger charge is -2.25. The van der Waals surface area contributed by atoms with Crippen molar-refractivity contribution in [1.29, 1.82) is 0 Å². The summed E-state index contributed by atoms with van der Waals surface area (Å²) in [5.41, 5.74) is 1.79. The quantitative estimate of drug-likeness (QED) is 0.317. The number of rotatable bonds is 8. The molecule has 9 nitrogen and oxygen atoms in total. The number of hydrogen-bond donors (Lipinski definition) is 2. The molecule has 2 heterocycles. The summed E-state index contributed by atoms with van der Waals surface area (Å²) in [5, 5.41) is 13.1. The number of anilines is 1. The molecule has 0 spiro atoms. The minimum absolute atomic E-state index is 0.0709. The molecule has 0 aliphatic carbocycles. The van der Waals surface area contributed by atoms with Crippen LogP contribution in [0.1, 0.15) is 24.1 Å². The highest BCUT2D eigenvalue weighted by Crippen LogP contribution is 2.36. The van der Waals surface area contributed by atoms with Gasteiger partial charge < -0.3 is 24.6 Å². The zero-order valence-corrected chi connectivity index (χ0v) is 23.4. The van der Waals surface area contributed by atoms with Gasteiger partial charge in [0.15, 0.2) is 27.8 Å². The van der Waals surface area contributed by atoms with Crippen molar-refractivity contribution >= 4 is 29.0 Å². The number of nitrogens with zero attached hydrogens (tertiary/aromatic N) is 2. The smallest absolute Gasteiger partial charge is 0.387 e. The summed E-state index contributed by atoms with van der Waals surface area (Å²) in [6, 6.07) is 16.9. The average molecular weight is 594 g/mol. The molecular formula is C30H25F2N3O6S. The van der Waals surface area contributed by atoms with Crippen LogP contribution in [0.25, 0.3) is 6.08 Å². The van der Waals surface area contributed by atoms with E-state index in [4.69, 9.17) is 9.47 Å². The molecule has 0 saturated heterocycles. The summed E-state index contributed by atoms with van der Waals surface area (Å²) in [7, 11) is 2.72. The predicted molar refractivity (Wildman–Crippen MR) is 153 cm³/mol. The number of alkyl halides is 2. The molecule has 1 aliphatic heterocycles. The Kier molecular flexibility index (Phi) is 8.07. The van der Waals surface area contributed by atoms with Gasteiger partial charge in [-0.2, -0.15) is 8.78 Å². The first-order valence-corrected chi connectivity index (χ1v) is 13.4. The number of aromatic hydroxyl groups is 1. The Balaban J connectivity index is 1.66. The lowest BCUT2D eigenvalue weighted by Crippen LogP contribution is -2.40. The van der Waals surface area contributed by atoms with Gasteiger partial charge in [-0.15, -0.1) is 0 Å². The number of nitrogens with one attached hydrogen (secondary N) is 1. The molecule has 1 aromatic heterocycles. The molecule has 0 saturated carbocycles. The number of hydrogen-bond acceptors (Lipinski definition) is 8. The van der Waals surface area contributed by atoms with Crippen LogP contribution in [0.3, 0.4) is 0 Å². The molecule has 1 amide bonds. The van der Waals surface area contributed by atoms with Gasteiger partial charge in [-0.25, -0.2) is 4.99 Å². The fraction of sp³-hybridized carbons (Fsp3) is 0.167. The van der Waals surface area contributed by atoms with Crippen LogP contribution in [-0.4, -0.2) is 36.4 Å². The Labute approximate surface area is 242 Å². The van der Waals surface area contributed by atoms with Crippen LogP contribution in [0.2, 0.25) is 0 Å². The van der Waals surface area contributed by atoms with Crippen LogP contribution in [0.5, 0.6) is 23.0 Å². The molecule has 12 heteroatoms. The standard InChI is InChI=1S/C30H25F2N3O6S/c1-16-25(27(37)34-19-7-5-4-6-8-19)26(18-10-11-20(36)22(15-18)39-2)35-28(38)24(42-30(35)33-16)14-17-9-12-21(41-29(31)32)23(13-17)40-3/h4-15,26,29,36H,1-3H3,(H,34,37)/b24-14+/t26-/m0/s1. The van der Waals surface area contributed by atoms with Crippen molar-refractivity contribution in [2.45, 2.75) is 19.6 Å². The molecule has 216 valence electrons. The third kappa shape index (κ3) is 5.61. The minimum atomic E-state index is -3.02. The zero-order valence-electron chi connectivity index (χ0n) is 22.6. The topological polar surface area (TPSA) is 111 Å². The van der Waals surface area contributed by atoms with E-state index in [1.54, 1.807) is 49.4 Å². The number of thiazole rings is 1. The molecule has 1 atom stereocenters. The first-order valence-electron chi connectivity index (χ1n) is 12.6. The van der Waals surface area contributed by atoms with Crippen LogP contribution in [0.15, 0.2) is 87.8 Å². The van der Waals surface area contributed by atoms with Gasteiger partial charge in [-0.3, -0.25) is 14.2 Å². The van der Waals surface area contributed by atoms with Crippen molar-refractivity contribution in [2.75, 3.05) is 19.5 Å². The number of benzene rings is 3. The SMILES string of the molecule is COc1cc([C@H]2C(C(=O)Nc3ccccc3)=C(C)N=c3s/c(=C/c4ccc(OC(F)F)c(OC)c4)c(=O)n32)ccc1O. The van der Waals surface area contributed by atoms with Crippen LogP contribution < -0.4 is 34.4 Å². The Morgan fingerprint density at radius 2 is 1.79 bits per heavy atom. The van der Waals surface area contributed by atoms with Crippen LogP contribution in [-0.2, 0) is 4.79 Å². The van der Waals surface area contributed by atoms with Crippen molar-refractivity contribution in [3.63, 3.8) is 0 Å². The number of allylic oxidation sites excluding steroid dienone is 1. The van der Waals surface area contributed by atoms with Gasteiger partial charge >= 0.3 is 6.61 Å². The Hall–Kier alpha value is -4.97. The summed E-state index contributed by atoms with van der Waals surface area (Å²) in [4.78, 5) is 32.5. The lowest BCUT2D eigenvalue weighted by atomic mass is 9.94. The van der Waals surface area contributed by atoms with E-state index in [2.05, 4.69) is 15.0 Å². The number of carbonyl (C=O) groups is 1. The van der Waals surface area contributed by atoms with E-state index >= 15 is 0 Å². The molecule has 0 fully saturated rings. The number of ether oxygens (including phenoxy) is 3. The maximum Gasteiger partial charge on any atom is 0.387 e. The number of methoxy groups -OCH3 is 2. The fourth-order valence-electron chi connectivity index (χ4n) is 4.63. The number of aromatic nitrogens is 1. The Morgan fingerprint density at radius 3 is 2.48 bits per heavy atom. The second-order valence-corrected chi connectivity index (χ2v) is 10.1. The van der Waals surface area contributed by atoms with E-state index in [-0.39, 0.29) is 33.1 Å². The zero-order chi connectivity index (χ0) is 30.0. The number of phenols is 1. The average Bonchev–Trinajstić information content (AvgIpc) is 3.27. The van der Waals surface area contributed by atoms with Crippen LogP contribution in [0, 0.1) is 0 Å². The number of fused-ring (bicyclic) bond motifs is 1. The number of carbonyl (C=O) groups excluding carboxylic acids is 1. The molecule has 42 heavy (non-hydrogen) atoms. The molecule has 0 radical (unpaired) electrons. The van der Waals surface area contributed by atoms with E-state index in [1.807, 2.05) is 6.07 Å². The molecule has 2 N–H and O–H groups in total. The molecule has 0 unspecified atom stereocenters. The normalized spacial score (nSPS) is 14.8. The first kappa shape index (κ1) is 28.6. The fourth-order valence-corrected chi connectivity index (χ4v) is 5.68. The summed E-state index contributed by atoms with van der Waals surface area (Å²) >= 11 is 1.11. The summed E-state index contributed by atoms with van der Waals surface area (Å²) < 4.78 is 42.2. The van der Waals surface area contributed by atoms with Crippen molar-refractivity contribution in [3.05, 3.63) is 109 Å². The van der Waals surface area contributed by atoms with Gasteiger partial charge in [0.1, 0.15) is 0 Å². The molecule has 5 rings (SSSR count). The Bertz CT molecular complexity index is 1870. The largest absolute Gasteiger partial charge is 0.504 e. The van der Waals surface area contributed by atoms with Gasteiger partial charge in [-0.05, 0) is 60.5 Å². The van der Waals surface area contributed by atoms with E-state index < -0.39 is 24.1 Å². The monoisotopic (exact) mass is 593 g/mol. The third-order valence-corrected chi connectivity index (χ3v) is 7.50. The second kappa shape index (κ2) is 11.9. The molecule has 4 aromatic rings. The number of halogens is 2. The van der Waals surface area contributed by atoms with E-state index in [9.17, 15) is 23.5 Å². The number of para-hydroxylation sites is 1. The number of phenolic OH excluding ortho intramolecular Hbond substituents is 1. The van der Waals surface area contributed by atoms with E-state index in [1.165, 1.54) is 43.1 Å². The van der Waals surface area contributed by atoms with Gasteiger partial charge in [-0.1, -0.05) is 41.7 Å². The molecular weight excluding hydrogens is 568 g/mol. The van der Waals surface area contributed by atoms with Crippen LogP contribution >= 0.6 is 11.3 Å². The van der Waals surface area contributed by atoms with Gasteiger partial charge in [0, 0.05) is 5.69 Å². The highest BCUT2D eigenvalue weighted by Gasteiger charge is 2.33. The summed E-state index contributed by atoms with van der Waals surface area (Å²) in [6.45, 7) is -1.34. The summed E-state index contributed by atoms with van der Waals surface area (Å²) in [5.74, 6) is -0.449. The maximum absolute atomic E-state index is 13.9. The summed E-state index contributed by atoms with van der Waals surface area (Å²) in [6.07, 6.45) is 1.58. The third-order valence-electron chi connectivity index (χ3n) is 6.52. The second-order valence-electron chi connectivity index (χ2n) is 9.12. The maximum atomic E-state index is 13.9. The number of amides is 1. The lowest BCUT2D eigenvalue weighted by molar-refractivity contribution is -0.113. The van der Waals surface area contributed by atoms with Crippen molar-refractivity contribution in [3.8, 4) is 23.0 Å². The first-order chi connectivity index (χ1) is 20.2. The van der Waals surface area contributed by atoms with Crippen molar-refractivity contribution in [2.24, 2.45) is 4.99 Å². The highest BCUT2D eigenvalue weighted by molar-refractivity contribution is 7.07.